The monoisotopic (exact) mass is 484 g/mol. The summed E-state index contributed by atoms with van der Waals surface area (Å²) in [5, 5.41) is 6.80. The lowest BCUT2D eigenvalue weighted by atomic mass is 10.0. The third-order valence-electron chi connectivity index (χ3n) is 5.13. The van der Waals surface area contributed by atoms with Crippen molar-refractivity contribution in [2.75, 3.05) is 23.5 Å². The number of thioether (sulfide) groups is 1. The zero-order chi connectivity index (χ0) is 23.8. The number of methoxy groups -OCH3 is 1. The molecule has 0 unspecified atom stereocenters. The van der Waals surface area contributed by atoms with Crippen molar-refractivity contribution in [1.82, 2.24) is 0 Å². The van der Waals surface area contributed by atoms with Crippen molar-refractivity contribution in [2.45, 2.75) is 4.90 Å². The highest BCUT2D eigenvalue weighted by atomic mass is 32.2. The Morgan fingerprint density at radius 1 is 0.824 bits per heavy atom. The normalized spacial score (nSPS) is 10.4. The molecule has 0 radical (unpaired) electrons. The Labute approximate surface area is 209 Å². The van der Waals surface area contributed by atoms with Crippen LogP contribution in [0.5, 0.6) is 5.75 Å². The topological polar surface area (TPSA) is 50.4 Å². The third kappa shape index (κ3) is 6.25. The van der Waals surface area contributed by atoms with Gasteiger partial charge in [0.2, 0.25) is 0 Å². The van der Waals surface area contributed by atoms with Gasteiger partial charge in [-0.1, -0.05) is 72.8 Å². The maximum Gasteiger partial charge on any atom is 0.175 e. The van der Waals surface area contributed by atoms with E-state index in [2.05, 4.69) is 22.8 Å². The van der Waals surface area contributed by atoms with Gasteiger partial charge in [0.05, 0.1) is 18.6 Å². The van der Waals surface area contributed by atoms with Crippen LogP contribution in [0.15, 0.2) is 108 Å². The number of ketones is 1. The molecule has 4 rings (SSSR count). The van der Waals surface area contributed by atoms with Gasteiger partial charge in [-0.25, -0.2) is 0 Å². The van der Waals surface area contributed by atoms with Gasteiger partial charge in [-0.15, -0.1) is 11.8 Å². The summed E-state index contributed by atoms with van der Waals surface area (Å²) in [5.74, 6) is 1.17. The van der Waals surface area contributed by atoms with Crippen LogP contribution in [0.4, 0.5) is 11.4 Å². The number of carbonyl (C=O) groups excluding carboxylic acids is 1. The number of nitrogens with one attached hydrogen (secondary N) is 2. The molecule has 0 atom stereocenters. The van der Waals surface area contributed by atoms with Crippen molar-refractivity contribution in [3.8, 4) is 16.9 Å². The Morgan fingerprint density at radius 2 is 1.53 bits per heavy atom. The molecule has 0 fully saturated rings. The zero-order valence-electron chi connectivity index (χ0n) is 18.7. The van der Waals surface area contributed by atoms with Crippen LogP contribution in [0.3, 0.4) is 0 Å². The Balaban J connectivity index is 1.33. The van der Waals surface area contributed by atoms with Crippen LogP contribution in [-0.2, 0) is 0 Å². The van der Waals surface area contributed by atoms with E-state index in [0.717, 1.165) is 27.4 Å². The predicted octanol–water partition coefficient (Wildman–Crippen LogP) is 7.15. The molecule has 6 heteroatoms. The van der Waals surface area contributed by atoms with Crippen LogP contribution in [0.25, 0.3) is 11.1 Å². The summed E-state index contributed by atoms with van der Waals surface area (Å²) in [7, 11) is 1.62. The van der Waals surface area contributed by atoms with E-state index in [1.54, 1.807) is 7.11 Å². The van der Waals surface area contributed by atoms with Crippen molar-refractivity contribution >= 4 is 46.3 Å². The quantitative estimate of drug-likeness (QED) is 0.157. The molecule has 0 amide bonds. The maximum absolute atomic E-state index is 12.7. The Morgan fingerprint density at radius 3 is 2.29 bits per heavy atom. The van der Waals surface area contributed by atoms with Crippen molar-refractivity contribution in [3.63, 3.8) is 0 Å². The van der Waals surface area contributed by atoms with Crippen molar-refractivity contribution < 1.29 is 9.53 Å². The highest BCUT2D eigenvalue weighted by Crippen LogP contribution is 2.26. The number of para-hydroxylation sites is 2. The summed E-state index contributed by atoms with van der Waals surface area (Å²) in [6, 6.07) is 33.3. The molecule has 0 aromatic heterocycles. The van der Waals surface area contributed by atoms with E-state index in [9.17, 15) is 4.79 Å². The molecule has 0 aliphatic carbocycles. The van der Waals surface area contributed by atoms with E-state index in [1.807, 2.05) is 91.0 Å². The van der Waals surface area contributed by atoms with Crippen LogP contribution in [0, 0.1) is 0 Å². The first-order valence-corrected chi connectivity index (χ1v) is 12.1. The van der Waals surface area contributed by atoms with Gasteiger partial charge < -0.3 is 15.4 Å². The molecule has 0 aliphatic rings. The summed E-state index contributed by atoms with van der Waals surface area (Å²) < 4.78 is 5.35. The lowest BCUT2D eigenvalue weighted by molar-refractivity contribution is 0.102. The lowest BCUT2D eigenvalue weighted by Crippen LogP contribution is -2.19. The molecule has 170 valence electrons. The Hall–Kier alpha value is -3.61. The van der Waals surface area contributed by atoms with E-state index < -0.39 is 0 Å². The molecule has 2 N–H and O–H groups in total. The molecular formula is C28H24N2O2S2. The summed E-state index contributed by atoms with van der Waals surface area (Å²) in [5.41, 5.74) is 4.58. The molecule has 0 saturated heterocycles. The van der Waals surface area contributed by atoms with Crippen LogP contribution in [0.2, 0.25) is 0 Å². The molecule has 4 nitrogen and oxygen atoms in total. The summed E-state index contributed by atoms with van der Waals surface area (Å²) in [4.78, 5) is 13.7. The second kappa shape index (κ2) is 11.5. The molecule has 4 aromatic rings. The van der Waals surface area contributed by atoms with E-state index >= 15 is 0 Å². The lowest BCUT2D eigenvalue weighted by Gasteiger charge is -2.13. The number of Topliss-reactive ketones (excluding diaryl/α,β-unsaturated/α-hetero) is 1. The van der Waals surface area contributed by atoms with Gasteiger partial charge in [0.25, 0.3) is 0 Å². The third-order valence-corrected chi connectivity index (χ3v) is 6.33. The van der Waals surface area contributed by atoms with Crippen LogP contribution < -0.4 is 15.4 Å². The van der Waals surface area contributed by atoms with Crippen molar-refractivity contribution in [3.05, 3.63) is 109 Å². The number of hydrogen-bond acceptors (Lipinski definition) is 4. The summed E-state index contributed by atoms with van der Waals surface area (Å²) >= 11 is 6.95. The minimum atomic E-state index is 0.0938. The van der Waals surface area contributed by atoms with Gasteiger partial charge in [0.1, 0.15) is 5.75 Å². The molecule has 0 aliphatic heterocycles. The van der Waals surface area contributed by atoms with Crippen LogP contribution >= 0.6 is 24.0 Å². The Bertz CT molecular complexity index is 1280. The highest BCUT2D eigenvalue weighted by Gasteiger charge is 2.09. The number of anilines is 2. The fourth-order valence-corrected chi connectivity index (χ4v) is 4.48. The SMILES string of the molecule is COc1ccccc1NC(=S)Nc1cccc(SCC(=O)c2ccc(-c3ccccc3)cc2)c1. The second-order valence-corrected chi connectivity index (χ2v) is 8.92. The fraction of sp³-hybridized carbons (Fsp3) is 0.0714. The largest absolute Gasteiger partial charge is 0.495 e. The van der Waals surface area contributed by atoms with E-state index in [-0.39, 0.29) is 5.78 Å². The average Bonchev–Trinajstić information content (AvgIpc) is 2.88. The van der Waals surface area contributed by atoms with E-state index in [0.29, 0.717) is 22.2 Å². The van der Waals surface area contributed by atoms with Gasteiger partial charge >= 0.3 is 0 Å². The van der Waals surface area contributed by atoms with Crippen molar-refractivity contribution in [1.29, 1.82) is 0 Å². The minimum Gasteiger partial charge on any atom is -0.495 e. The number of hydrogen-bond donors (Lipinski definition) is 2. The molecule has 4 aromatic carbocycles. The van der Waals surface area contributed by atoms with E-state index in [1.165, 1.54) is 11.8 Å². The molecule has 0 spiro atoms. The number of rotatable bonds is 8. The standard InChI is InChI=1S/C28H24N2O2S2/c1-32-27-13-6-5-12-25(27)30-28(33)29-23-10-7-11-24(18-23)34-19-26(31)22-16-14-21(15-17-22)20-8-3-2-4-9-20/h2-18H,19H2,1H3,(H2,29,30,33). The number of thiocarbonyl (C=S) groups is 1. The molecular weight excluding hydrogens is 460 g/mol. The van der Waals surface area contributed by atoms with Crippen LogP contribution in [0.1, 0.15) is 10.4 Å². The van der Waals surface area contributed by atoms with Crippen molar-refractivity contribution in [2.24, 2.45) is 0 Å². The van der Waals surface area contributed by atoms with Gasteiger partial charge in [0.15, 0.2) is 10.9 Å². The summed E-state index contributed by atoms with van der Waals surface area (Å²) in [6.07, 6.45) is 0. The second-order valence-electron chi connectivity index (χ2n) is 7.46. The first-order chi connectivity index (χ1) is 16.6. The molecule has 0 saturated carbocycles. The zero-order valence-corrected chi connectivity index (χ0v) is 20.3. The fourth-order valence-electron chi connectivity index (χ4n) is 3.41. The van der Waals surface area contributed by atoms with Gasteiger partial charge in [-0.2, -0.15) is 0 Å². The number of ether oxygens (including phenoxy) is 1. The molecule has 0 heterocycles. The molecule has 0 bridgehead atoms. The predicted molar refractivity (Wildman–Crippen MR) is 146 cm³/mol. The smallest absolute Gasteiger partial charge is 0.175 e. The van der Waals surface area contributed by atoms with Gasteiger partial charge in [-0.05, 0) is 53.7 Å². The first kappa shape index (κ1) is 23.5. The summed E-state index contributed by atoms with van der Waals surface area (Å²) in [6.45, 7) is 0. The molecule has 34 heavy (non-hydrogen) atoms. The maximum atomic E-state index is 12.7. The van der Waals surface area contributed by atoms with Gasteiger partial charge in [-0.3, -0.25) is 4.79 Å². The number of benzene rings is 4. The van der Waals surface area contributed by atoms with Crippen LogP contribution in [-0.4, -0.2) is 23.8 Å². The van der Waals surface area contributed by atoms with Gasteiger partial charge in [0, 0.05) is 16.1 Å². The van der Waals surface area contributed by atoms with E-state index in [4.69, 9.17) is 17.0 Å². The highest BCUT2D eigenvalue weighted by molar-refractivity contribution is 8.00. The minimum absolute atomic E-state index is 0.0938. The Kier molecular flexibility index (Phi) is 7.96. The first-order valence-electron chi connectivity index (χ1n) is 10.7. The number of carbonyl (C=O) groups is 1. The average molecular weight is 485 g/mol.